The Hall–Kier alpha value is -1.49. The van der Waals surface area contributed by atoms with E-state index in [2.05, 4.69) is 16.6 Å². The van der Waals surface area contributed by atoms with E-state index in [1.165, 1.54) is 49.4 Å². The molecule has 0 atom stereocenters. The van der Waals surface area contributed by atoms with Gasteiger partial charge in [0.25, 0.3) is 5.91 Å². The second-order valence-electron chi connectivity index (χ2n) is 6.61. The van der Waals surface area contributed by atoms with Crippen LogP contribution in [0.3, 0.4) is 0 Å². The fraction of sp³-hybridized carbons (Fsp3) is 0.556. The first-order valence-corrected chi connectivity index (χ1v) is 9.57. The zero-order chi connectivity index (χ0) is 15.6. The Morgan fingerprint density at radius 3 is 2.83 bits per heavy atom. The number of thioether (sulfide) groups is 1. The lowest BCUT2D eigenvalue weighted by Crippen LogP contribution is -2.21. The molecule has 1 N–H and O–H groups in total. The number of carbonyl (C=O) groups is 1. The van der Waals surface area contributed by atoms with Crippen LogP contribution in [-0.2, 0) is 9.53 Å². The molecule has 4 rings (SSSR count). The number of nitrogens with one attached hydrogen (secondary N) is 1. The molecule has 1 saturated carbocycles. The lowest BCUT2D eigenvalue weighted by molar-refractivity contribution is -0.116. The lowest BCUT2D eigenvalue weighted by Gasteiger charge is -2.21. The Morgan fingerprint density at radius 1 is 1.17 bits per heavy atom. The molecule has 4 nitrogen and oxygen atoms in total. The van der Waals surface area contributed by atoms with E-state index in [0.29, 0.717) is 16.6 Å². The molecule has 0 spiro atoms. The molecule has 2 heterocycles. The van der Waals surface area contributed by atoms with Crippen LogP contribution >= 0.6 is 11.8 Å². The number of amides is 1. The number of rotatable bonds is 2. The molecule has 4 aliphatic rings. The summed E-state index contributed by atoms with van der Waals surface area (Å²) in [6.07, 6.45) is 13.0. The van der Waals surface area contributed by atoms with Gasteiger partial charge < -0.3 is 4.74 Å². The number of nitrogens with zero attached hydrogens (tertiary/aromatic N) is 1. The number of hydrogen-bond acceptors (Lipinski definition) is 4. The van der Waals surface area contributed by atoms with Crippen molar-refractivity contribution in [2.45, 2.75) is 57.8 Å². The van der Waals surface area contributed by atoms with Gasteiger partial charge in [0, 0.05) is 11.3 Å². The summed E-state index contributed by atoms with van der Waals surface area (Å²) >= 11 is 1.53. The predicted molar refractivity (Wildman–Crippen MR) is 92.5 cm³/mol. The molecular formula is C18H22N2O2S. The molecule has 0 saturated heterocycles. The van der Waals surface area contributed by atoms with E-state index in [-0.39, 0.29) is 5.91 Å². The highest BCUT2D eigenvalue weighted by molar-refractivity contribution is 8.05. The van der Waals surface area contributed by atoms with Gasteiger partial charge in [0.2, 0.25) is 0 Å². The van der Waals surface area contributed by atoms with Crippen molar-refractivity contribution >= 4 is 23.4 Å². The third kappa shape index (κ3) is 2.99. The largest absolute Gasteiger partial charge is 0.448 e. The molecule has 5 heteroatoms. The Kier molecular flexibility index (Phi) is 4.29. The highest BCUT2D eigenvalue weighted by Gasteiger charge is 2.35. The van der Waals surface area contributed by atoms with Gasteiger partial charge in [-0.2, -0.15) is 5.10 Å². The van der Waals surface area contributed by atoms with Gasteiger partial charge in [0.05, 0.1) is 5.71 Å². The zero-order valence-corrected chi connectivity index (χ0v) is 14.1. The summed E-state index contributed by atoms with van der Waals surface area (Å²) in [6, 6.07) is 0. The van der Waals surface area contributed by atoms with Gasteiger partial charge in [-0.1, -0.05) is 37.1 Å². The van der Waals surface area contributed by atoms with E-state index >= 15 is 0 Å². The number of hydrazone groups is 1. The van der Waals surface area contributed by atoms with Crippen LogP contribution in [0.1, 0.15) is 57.8 Å². The fourth-order valence-corrected chi connectivity index (χ4v) is 4.64. The first kappa shape index (κ1) is 15.1. The average Bonchev–Trinajstić information content (AvgIpc) is 3.23. The third-order valence-electron chi connectivity index (χ3n) is 5.04. The van der Waals surface area contributed by atoms with E-state index < -0.39 is 0 Å². The van der Waals surface area contributed by atoms with Crippen LogP contribution in [0.2, 0.25) is 0 Å². The van der Waals surface area contributed by atoms with Crippen molar-refractivity contribution in [3.8, 4) is 0 Å². The summed E-state index contributed by atoms with van der Waals surface area (Å²) in [7, 11) is 0. The van der Waals surface area contributed by atoms with Gasteiger partial charge in [-0.05, 0) is 44.1 Å². The summed E-state index contributed by atoms with van der Waals surface area (Å²) in [5.74, 6) is 1.22. The molecule has 0 aromatic carbocycles. The standard InChI is InChI=1S/C18H22N2O2S/c21-17-15(16(19-20-17)13-9-5-2-6-10-13)18-22-14(11-23-18)12-7-3-1-4-8-12/h7,11,13H,1-6,8-10H2,(H,20,21)/b18-15-. The summed E-state index contributed by atoms with van der Waals surface area (Å²) in [6.45, 7) is 0. The molecule has 0 bridgehead atoms. The summed E-state index contributed by atoms with van der Waals surface area (Å²) in [5, 5.41) is 7.09. The maximum Gasteiger partial charge on any atom is 0.277 e. The normalized spacial score (nSPS) is 28.9. The van der Waals surface area contributed by atoms with E-state index in [1.54, 1.807) is 0 Å². The third-order valence-corrected chi connectivity index (χ3v) is 5.87. The fourth-order valence-electron chi connectivity index (χ4n) is 3.78. The molecule has 2 aliphatic heterocycles. The van der Waals surface area contributed by atoms with Crippen LogP contribution in [0.4, 0.5) is 0 Å². The minimum absolute atomic E-state index is 0.111. The molecule has 1 fully saturated rings. The molecule has 0 radical (unpaired) electrons. The van der Waals surface area contributed by atoms with Crippen molar-refractivity contribution in [1.82, 2.24) is 5.43 Å². The Labute approximate surface area is 141 Å². The van der Waals surface area contributed by atoms with Gasteiger partial charge in [0.1, 0.15) is 11.3 Å². The van der Waals surface area contributed by atoms with Crippen molar-refractivity contribution in [3.63, 3.8) is 0 Å². The van der Waals surface area contributed by atoms with Crippen molar-refractivity contribution in [3.05, 3.63) is 33.5 Å². The van der Waals surface area contributed by atoms with Gasteiger partial charge in [0.15, 0.2) is 5.09 Å². The second-order valence-corrected chi connectivity index (χ2v) is 7.45. The first-order valence-electron chi connectivity index (χ1n) is 8.69. The molecule has 1 amide bonds. The average molecular weight is 330 g/mol. The second kappa shape index (κ2) is 6.56. The number of ether oxygens (including phenoxy) is 1. The Bertz CT molecular complexity index is 639. The predicted octanol–water partition coefficient (Wildman–Crippen LogP) is 4.37. The molecule has 23 heavy (non-hydrogen) atoms. The molecule has 122 valence electrons. The zero-order valence-electron chi connectivity index (χ0n) is 13.3. The Morgan fingerprint density at radius 2 is 2.04 bits per heavy atom. The summed E-state index contributed by atoms with van der Waals surface area (Å²) < 4.78 is 6.07. The van der Waals surface area contributed by atoms with Crippen molar-refractivity contribution < 1.29 is 9.53 Å². The first-order chi connectivity index (χ1) is 11.3. The van der Waals surface area contributed by atoms with Gasteiger partial charge >= 0.3 is 0 Å². The number of allylic oxidation sites excluding steroid dienone is 2. The van der Waals surface area contributed by atoms with Gasteiger partial charge in [-0.25, -0.2) is 5.43 Å². The maximum atomic E-state index is 12.3. The van der Waals surface area contributed by atoms with Crippen LogP contribution in [0, 0.1) is 5.92 Å². The van der Waals surface area contributed by atoms with Crippen LogP contribution in [0.25, 0.3) is 0 Å². The molecule has 0 aromatic rings. The SMILES string of the molecule is O=C1NN=C(C2CCCCC2)/C1=C1\OC(C2=CCCCC2)=CS1. The van der Waals surface area contributed by atoms with Crippen molar-refractivity contribution in [1.29, 1.82) is 0 Å². The molecule has 0 unspecified atom stereocenters. The van der Waals surface area contributed by atoms with Crippen molar-refractivity contribution in [2.75, 3.05) is 0 Å². The van der Waals surface area contributed by atoms with Gasteiger partial charge in [-0.3, -0.25) is 4.79 Å². The van der Waals surface area contributed by atoms with Gasteiger partial charge in [-0.15, -0.1) is 0 Å². The minimum atomic E-state index is -0.111. The van der Waals surface area contributed by atoms with Crippen LogP contribution in [0.15, 0.2) is 38.6 Å². The molecule has 2 aliphatic carbocycles. The summed E-state index contributed by atoms with van der Waals surface area (Å²) in [5.41, 5.74) is 5.53. The van der Waals surface area contributed by atoms with Crippen molar-refractivity contribution in [2.24, 2.45) is 11.0 Å². The monoisotopic (exact) mass is 330 g/mol. The van der Waals surface area contributed by atoms with Crippen LogP contribution in [-0.4, -0.2) is 11.6 Å². The summed E-state index contributed by atoms with van der Waals surface area (Å²) in [4.78, 5) is 12.3. The Balaban J connectivity index is 1.56. The van der Waals surface area contributed by atoms with Crippen LogP contribution < -0.4 is 5.43 Å². The lowest BCUT2D eigenvalue weighted by atomic mass is 9.83. The number of carbonyl (C=O) groups excluding carboxylic acids is 1. The highest BCUT2D eigenvalue weighted by atomic mass is 32.2. The maximum absolute atomic E-state index is 12.3. The van der Waals surface area contributed by atoms with E-state index in [1.807, 2.05) is 5.41 Å². The highest BCUT2D eigenvalue weighted by Crippen LogP contribution is 2.41. The van der Waals surface area contributed by atoms with Crippen LogP contribution in [0.5, 0.6) is 0 Å². The smallest absolute Gasteiger partial charge is 0.277 e. The molecule has 0 aromatic heterocycles. The quantitative estimate of drug-likeness (QED) is 0.765. The molecular weight excluding hydrogens is 308 g/mol. The van der Waals surface area contributed by atoms with E-state index in [4.69, 9.17) is 4.74 Å². The minimum Gasteiger partial charge on any atom is -0.448 e. The van der Waals surface area contributed by atoms with E-state index in [9.17, 15) is 4.79 Å². The van der Waals surface area contributed by atoms with E-state index in [0.717, 1.165) is 37.2 Å². The number of hydrogen-bond donors (Lipinski definition) is 1. The topological polar surface area (TPSA) is 50.7 Å².